The Labute approximate surface area is 152 Å². The van der Waals surface area contributed by atoms with E-state index in [2.05, 4.69) is 20.9 Å². The van der Waals surface area contributed by atoms with E-state index < -0.39 is 0 Å². The van der Waals surface area contributed by atoms with Crippen LogP contribution in [0.2, 0.25) is 0 Å². The van der Waals surface area contributed by atoms with Gasteiger partial charge in [-0.3, -0.25) is 4.79 Å². The Kier molecular flexibility index (Phi) is 13.7. The summed E-state index contributed by atoms with van der Waals surface area (Å²) in [4.78, 5) is 15.7. The second-order valence-electron chi connectivity index (χ2n) is 5.72. The molecule has 0 aromatic carbocycles. The van der Waals surface area contributed by atoms with Crippen LogP contribution in [0.1, 0.15) is 58.8 Å². The maximum Gasteiger partial charge on any atom is 0.241 e. The maximum absolute atomic E-state index is 11.4. The average Bonchev–Trinajstić information content (AvgIpc) is 2.98. The van der Waals surface area contributed by atoms with Crippen LogP contribution in [0.25, 0.3) is 0 Å². The normalized spacial score (nSPS) is 15.3. The molecule has 0 aliphatic heterocycles. The summed E-state index contributed by atoms with van der Waals surface area (Å²) in [6, 6.07) is 0. The van der Waals surface area contributed by atoms with E-state index in [1.807, 2.05) is 13.8 Å². The van der Waals surface area contributed by atoms with Gasteiger partial charge in [-0.15, -0.1) is 24.0 Å². The van der Waals surface area contributed by atoms with Crippen LogP contribution < -0.4 is 16.0 Å². The molecule has 1 aliphatic carbocycles. The van der Waals surface area contributed by atoms with Crippen molar-refractivity contribution >= 4 is 35.8 Å². The third-order valence-electron chi connectivity index (χ3n) is 3.91. The highest BCUT2D eigenvalue weighted by Crippen LogP contribution is 2.28. The molecule has 1 saturated carbocycles. The highest BCUT2D eigenvalue weighted by molar-refractivity contribution is 14.0. The molecule has 0 bridgehead atoms. The largest absolute Gasteiger partial charge is 0.357 e. The summed E-state index contributed by atoms with van der Waals surface area (Å²) < 4.78 is 0. The van der Waals surface area contributed by atoms with Crippen LogP contribution in [0.5, 0.6) is 0 Å². The quantitative estimate of drug-likeness (QED) is 0.231. The molecule has 0 radical (unpaired) electrons. The van der Waals surface area contributed by atoms with Crippen molar-refractivity contribution in [2.75, 3.05) is 26.2 Å². The summed E-state index contributed by atoms with van der Waals surface area (Å²) in [5, 5.41) is 9.22. The molecule has 0 atom stereocenters. The van der Waals surface area contributed by atoms with Gasteiger partial charge >= 0.3 is 0 Å². The number of amides is 1. The molecule has 0 aromatic rings. The zero-order chi connectivity index (χ0) is 15.3. The summed E-state index contributed by atoms with van der Waals surface area (Å²) in [7, 11) is 0. The van der Waals surface area contributed by atoms with E-state index in [1.165, 1.54) is 44.9 Å². The molecule has 130 valence electrons. The van der Waals surface area contributed by atoms with E-state index in [0.717, 1.165) is 25.0 Å². The Balaban J connectivity index is 0.00000441. The fourth-order valence-electron chi connectivity index (χ4n) is 2.81. The van der Waals surface area contributed by atoms with Gasteiger partial charge in [-0.2, -0.15) is 0 Å². The van der Waals surface area contributed by atoms with Gasteiger partial charge < -0.3 is 16.0 Å². The molecule has 1 amide bonds. The highest BCUT2D eigenvalue weighted by atomic mass is 127. The predicted octanol–water partition coefficient (Wildman–Crippen LogP) is 2.66. The summed E-state index contributed by atoms with van der Waals surface area (Å²) in [6.07, 6.45) is 9.55. The van der Waals surface area contributed by atoms with Gasteiger partial charge in [-0.05, 0) is 26.2 Å². The molecule has 1 fully saturated rings. The van der Waals surface area contributed by atoms with Gasteiger partial charge in [0.15, 0.2) is 5.96 Å². The van der Waals surface area contributed by atoms with Crippen molar-refractivity contribution in [2.24, 2.45) is 10.9 Å². The highest BCUT2D eigenvalue weighted by Gasteiger charge is 2.13. The summed E-state index contributed by atoms with van der Waals surface area (Å²) in [6.45, 7) is 6.51. The Morgan fingerprint density at radius 2 is 1.73 bits per heavy atom. The van der Waals surface area contributed by atoms with E-state index in [9.17, 15) is 4.79 Å². The van der Waals surface area contributed by atoms with Crippen molar-refractivity contribution in [1.29, 1.82) is 0 Å². The number of hydrogen-bond donors (Lipinski definition) is 3. The van der Waals surface area contributed by atoms with Crippen LogP contribution in [0, 0.1) is 5.92 Å². The molecule has 6 heteroatoms. The van der Waals surface area contributed by atoms with Crippen LogP contribution in [0.3, 0.4) is 0 Å². The zero-order valence-corrected chi connectivity index (χ0v) is 16.4. The lowest BCUT2D eigenvalue weighted by Crippen LogP contribution is -2.39. The van der Waals surface area contributed by atoms with Gasteiger partial charge in [0.1, 0.15) is 6.54 Å². The molecule has 22 heavy (non-hydrogen) atoms. The Hall–Kier alpha value is -0.530. The lowest BCUT2D eigenvalue weighted by atomic mass is 10.0. The van der Waals surface area contributed by atoms with Gasteiger partial charge in [0.05, 0.1) is 0 Å². The van der Waals surface area contributed by atoms with E-state index in [1.54, 1.807) is 0 Å². The first-order chi connectivity index (χ1) is 10.3. The van der Waals surface area contributed by atoms with Crippen LogP contribution >= 0.6 is 24.0 Å². The molecule has 0 saturated heterocycles. The standard InChI is InChI=1S/C16H32N4O.HI/c1-3-17-15(21)13-20-16(18-4-2)19-12-8-7-11-14-9-5-6-10-14;/h14H,3-13H2,1-2H3,(H,17,21)(H2,18,19,20);1H. The third kappa shape index (κ3) is 10.2. The van der Waals surface area contributed by atoms with E-state index in [4.69, 9.17) is 0 Å². The Morgan fingerprint density at radius 3 is 2.36 bits per heavy atom. The molecule has 0 spiro atoms. The predicted molar refractivity (Wildman–Crippen MR) is 104 cm³/mol. The molecule has 3 N–H and O–H groups in total. The molecule has 1 aliphatic rings. The summed E-state index contributed by atoms with van der Waals surface area (Å²) in [5.74, 6) is 1.69. The van der Waals surface area contributed by atoms with Crippen LogP contribution in [0.15, 0.2) is 4.99 Å². The first kappa shape index (κ1) is 21.5. The van der Waals surface area contributed by atoms with Crippen molar-refractivity contribution in [3.63, 3.8) is 0 Å². The number of aliphatic imine (C=N–C) groups is 1. The number of halogens is 1. The minimum Gasteiger partial charge on any atom is -0.357 e. The minimum absolute atomic E-state index is 0. The number of guanidine groups is 1. The van der Waals surface area contributed by atoms with Crippen molar-refractivity contribution in [2.45, 2.75) is 58.8 Å². The van der Waals surface area contributed by atoms with Crippen molar-refractivity contribution in [3.05, 3.63) is 0 Å². The maximum atomic E-state index is 11.4. The van der Waals surface area contributed by atoms with Gasteiger partial charge in [-0.25, -0.2) is 4.99 Å². The molecular weight excluding hydrogens is 391 g/mol. The van der Waals surface area contributed by atoms with Gasteiger partial charge in [0.25, 0.3) is 0 Å². The van der Waals surface area contributed by atoms with Gasteiger partial charge in [-0.1, -0.05) is 38.5 Å². The fraction of sp³-hybridized carbons (Fsp3) is 0.875. The average molecular weight is 424 g/mol. The molecule has 5 nitrogen and oxygen atoms in total. The smallest absolute Gasteiger partial charge is 0.241 e. The molecule has 0 aromatic heterocycles. The van der Waals surface area contributed by atoms with Gasteiger partial charge in [0, 0.05) is 19.6 Å². The van der Waals surface area contributed by atoms with E-state index >= 15 is 0 Å². The van der Waals surface area contributed by atoms with E-state index in [0.29, 0.717) is 6.54 Å². The number of carbonyl (C=O) groups excluding carboxylic acids is 1. The molecule has 1 rings (SSSR count). The van der Waals surface area contributed by atoms with Crippen LogP contribution in [-0.2, 0) is 4.79 Å². The minimum atomic E-state index is -0.0315. The third-order valence-corrected chi connectivity index (χ3v) is 3.91. The lowest BCUT2D eigenvalue weighted by molar-refractivity contribution is -0.119. The van der Waals surface area contributed by atoms with Crippen molar-refractivity contribution in [1.82, 2.24) is 16.0 Å². The summed E-state index contributed by atoms with van der Waals surface area (Å²) >= 11 is 0. The first-order valence-electron chi connectivity index (χ1n) is 8.55. The van der Waals surface area contributed by atoms with E-state index in [-0.39, 0.29) is 36.4 Å². The Morgan fingerprint density at radius 1 is 1.05 bits per heavy atom. The number of carbonyl (C=O) groups is 1. The zero-order valence-electron chi connectivity index (χ0n) is 14.1. The summed E-state index contributed by atoms with van der Waals surface area (Å²) in [5.41, 5.74) is 0. The van der Waals surface area contributed by atoms with Crippen LogP contribution in [-0.4, -0.2) is 38.0 Å². The molecular formula is C16H33IN4O. The van der Waals surface area contributed by atoms with Gasteiger partial charge in [0.2, 0.25) is 5.91 Å². The number of nitrogens with one attached hydrogen (secondary N) is 3. The monoisotopic (exact) mass is 424 g/mol. The molecule has 0 heterocycles. The molecule has 0 unspecified atom stereocenters. The number of hydrogen-bond acceptors (Lipinski definition) is 2. The fourth-order valence-corrected chi connectivity index (χ4v) is 2.81. The second-order valence-corrected chi connectivity index (χ2v) is 5.72. The SMILES string of the molecule is CCNC(=O)CN=C(NCC)NCCCCC1CCCC1.I. The lowest BCUT2D eigenvalue weighted by Gasteiger charge is -2.12. The topological polar surface area (TPSA) is 65.5 Å². The first-order valence-corrected chi connectivity index (χ1v) is 8.55. The van der Waals surface area contributed by atoms with Crippen molar-refractivity contribution < 1.29 is 4.79 Å². The Bertz CT molecular complexity index is 317. The number of rotatable bonds is 9. The number of unbranched alkanes of at least 4 members (excludes halogenated alkanes) is 1. The number of likely N-dealkylation sites (N-methyl/N-ethyl adjacent to an activating group) is 1. The second kappa shape index (κ2) is 14.1. The van der Waals surface area contributed by atoms with Crippen molar-refractivity contribution in [3.8, 4) is 0 Å². The number of nitrogens with zero attached hydrogens (tertiary/aromatic N) is 1. The van der Waals surface area contributed by atoms with Crippen LogP contribution in [0.4, 0.5) is 0 Å².